The number of fused-ring (bicyclic) bond motifs is 1. The highest BCUT2D eigenvalue weighted by Gasteiger charge is 2.36. The third-order valence-electron chi connectivity index (χ3n) is 5.22. The van der Waals surface area contributed by atoms with Crippen LogP contribution in [0.3, 0.4) is 0 Å². The van der Waals surface area contributed by atoms with Crippen LogP contribution in [-0.4, -0.2) is 0 Å². The molecule has 0 nitrogen and oxygen atoms in total. The van der Waals surface area contributed by atoms with Gasteiger partial charge in [-0.05, 0) is 54.0 Å². The summed E-state index contributed by atoms with van der Waals surface area (Å²) in [6.07, 6.45) is 5.84. The molecular formula is C21H24. The molecule has 0 saturated carbocycles. The van der Waals surface area contributed by atoms with E-state index in [4.69, 9.17) is 0 Å². The molecule has 0 heterocycles. The molecule has 108 valence electrons. The van der Waals surface area contributed by atoms with Gasteiger partial charge in [0.05, 0.1) is 0 Å². The third kappa shape index (κ3) is 2.14. The largest absolute Gasteiger partial charge is 0.0754 e. The monoisotopic (exact) mass is 276 g/mol. The molecule has 0 spiro atoms. The Hall–Kier alpha value is -1.82. The van der Waals surface area contributed by atoms with Gasteiger partial charge in [-0.25, -0.2) is 0 Å². The lowest BCUT2D eigenvalue weighted by Crippen LogP contribution is -2.27. The van der Waals surface area contributed by atoms with Gasteiger partial charge in [-0.2, -0.15) is 0 Å². The Morgan fingerprint density at radius 1 is 0.905 bits per heavy atom. The molecule has 0 heteroatoms. The maximum absolute atomic E-state index is 2.46. The summed E-state index contributed by atoms with van der Waals surface area (Å²) in [5.41, 5.74) is 7.54. The summed E-state index contributed by atoms with van der Waals surface area (Å²) in [5.74, 6) is 0. The number of aryl methyl sites for hydroxylation is 1. The van der Waals surface area contributed by atoms with Gasteiger partial charge in [-0.1, -0.05) is 68.5 Å². The van der Waals surface area contributed by atoms with Crippen LogP contribution in [0.25, 0.3) is 5.57 Å². The van der Waals surface area contributed by atoms with Crippen LogP contribution in [0.4, 0.5) is 0 Å². The second-order valence-electron chi connectivity index (χ2n) is 6.08. The fourth-order valence-electron chi connectivity index (χ4n) is 4.00. The van der Waals surface area contributed by atoms with Crippen molar-refractivity contribution in [3.63, 3.8) is 0 Å². The zero-order chi connectivity index (χ0) is 14.9. The summed E-state index contributed by atoms with van der Waals surface area (Å²) in [5, 5.41) is 0. The SMILES string of the molecule is CCC(CC)(C1=CCc2ccccc21)c1ccccc1C. The van der Waals surface area contributed by atoms with E-state index in [1.54, 1.807) is 0 Å². The number of hydrogen-bond acceptors (Lipinski definition) is 0. The highest BCUT2D eigenvalue weighted by molar-refractivity contribution is 5.81. The van der Waals surface area contributed by atoms with Crippen molar-refractivity contribution in [3.05, 3.63) is 76.9 Å². The van der Waals surface area contributed by atoms with Crippen molar-refractivity contribution in [1.82, 2.24) is 0 Å². The van der Waals surface area contributed by atoms with Crippen LogP contribution in [0.5, 0.6) is 0 Å². The van der Waals surface area contributed by atoms with Crippen molar-refractivity contribution in [2.45, 2.75) is 45.4 Å². The van der Waals surface area contributed by atoms with E-state index in [9.17, 15) is 0 Å². The van der Waals surface area contributed by atoms with E-state index in [1.165, 1.54) is 27.8 Å². The highest BCUT2D eigenvalue weighted by atomic mass is 14.4. The Morgan fingerprint density at radius 2 is 1.57 bits per heavy atom. The van der Waals surface area contributed by atoms with Gasteiger partial charge in [0.25, 0.3) is 0 Å². The highest BCUT2D eigenvalue weighted by Crippen LogP contribution is 2.48. The molecular weight excluding hydrogens is 252 g/mol. The first-order valence-corrected chi connectivity index (χ1v) is 8.08. The molecule has 1 aliphatic rings. The van der Waals surface area contributed by atoms with Crippen molar-refractivity contribution < 1.29 is 0 Å². The van der Waals surface area contributed by atoms with Crippen LogP contribution < -0.4 is 0 Å². The van der Waals surface area contributed by atoms with Gasteiger partial charge < -0.3 is 0 Å². The lowest BCUT2D eigenvalue weighted by molar-refractivity contribution is 0.513. The quantitative estimate of drug-likeness (QED) is 0.672. The van der Waals surface area contributed by atoms with Gasteiger partial charge in [0.2, 0.25) is 0 Å². The molecule has 0 radical (unpaired) electrons. The van der Waals surface area contributed by atoms with Crippen molar-refractivity contribution in [2.24, 2.45) is 0 Å². The molecule has 21 heavy (non-hydrogen) atoms. The molecule has 3 rings (SSSR count). The van der Waals surface area contributed by atoms with Gasteiger partial charge in [0.15, 0.2) is 0 Å². The molecule has 0 N–H and O–H groups in total. The zero-order valence-electron chi connectivity index (χ0n) is 13.3. The molecule has 0 unspecified atom stereocenters. The second kappa shape index (κ2) is 5.52. The maximum atomic E-state index is 2.46. The van der Waals surface area contributed by atoms with Crippen LogP contribution in [0, 0.1) is 6.92 Å². The molecule has 1 aliphatic carbocycles. The minimum absolute atomic E-state index is 0.151. The van der Waals surface area contributed by atoms with Crippen LogP contribution in [0.2, 0.25) is 0 Å². The summed E-state index contributed by atoms with van der Waals surface area (Å²) in [6, 6.07) is 17.8. The van der Waals surface area contributed by atoms with Gasteiger partial charge in [-0.3, -0.25) is 0 Å². The topological polar surface area (TPSA) is 0 Å². The molecule has 0 saturated heterocycles. The van der Waals surface area contributed by atoms with E-state index in [1.807, 2.05) is 0 Å². The Morgan fingerprint density at radius 3 is 2.29 bits per heavy atom. The van der Waals surface area contributed by atoms with E-state index in [0.29, 0.717) is 0 Å². The fourth-order valence-corrected chi connectivity index (χ4v) is 4.00. The van der Waals surface area contributed by atoms with Gasteiger partial charge in [0, 0.05) is 5.41 Å². The molecule has 0 bridgehead atoms. The van der Waals surface area contributed by atoms with Crippen LogP contribution in [0.1, 0.15) is 48.9 Å². The predicted molar refractivity (Wildman–Crippen MR) is 91.6 cm³/mol. The number of allylic oxidation sites excluding steroid dienone is 2. The zero-order valence-corrected chi connectivity index (χ0v) is 13.3. The Balaban J connectivity index is 2.18. The van der Waals surface area contributed by atoms with Gasteiger partial charge >= 0.3 is 0 Å². The van der Waals surface area contributed by atoms with Crippen LogP contribution >= 0.6 is 0 Å². The van der Waals surface area contributed by atoms with E-state index < -0.39 is 0 Å². The average Bonchev–Trinajstić information content (AvgIpc) is 2.96. The maximum Gasteiger partial charge on any atom is 0.0203 e. The lowest BCUT2D eigenvalue weighted by Gasteiger charge is -2.36. The van der Waals surface area contributed by atoms with Gasteiger partial charge in [0.1, 0.15) is 0 Å². The molecule has 0 aromatic heterocycles. The summed E-state index contributed by atoms with van der Waals surface area (Å²) in [7, 11) is 0. The van der Waals surface area contributed by atoms with E-state index in [0.717, 1.165) is 19.3 Å². The molecule has 2 aromatic rings. The van der Waals surface area contributed by atoms with Crippen LogP contribution in [0.15, 0.2) is 54.6 Å². The Kier molecular flexibility index (Phi) is 3.71. The minimum Gasteiger partial charge on any atom is -0.0754 e. The molecule has 0 fully saturated rings. The first-order valence-electron chi connectivity index (χ1n) is 8.08. The van der Waals surface area contributed by atoms with E-state index >= 15 is 0 Å². The number of rotatable bonds is 4. The van der Waals surface area contributed by atoms with Crippen molar-refractivity contribution >= 4 is 5.57 Å². The standard InChI is InChI=1S/C21H24/c1-4-21(5-2,19-13-9-6-10-16(19)3)20-15-14-17-11-7-8-12-18(17)20/h6-13,15H,4-5,14H2,1-3H3. The summed E-state index contributed by atoms with van der Waals surface area (Å²) in [4.78, 5) is 0. The molecule has 0 aliphatic heterocycles. The number of hydrogen-bond donors (Lipinski definition) is 0. The molecule has 2 aromatic carbocycles. The molecule has 0 atom stereocenters. The first-order chi connectivity index (χ1) is 10.2. The average molecular weight is 276 g/mol. The van der Waals surface area contributed by atoms with Crippen molar-refractivity contribution in [2.75, 3.05) is 0 Å². The first kappa shape index (κ1) is 14.1. The summed E-state index contributed by atoms with van der Waals surface area (Å²) in [6.45, 7) is 6.91. The third-order valence-corrected chi connectivity index (χ3v) is 5.22. The van der Waals surface area contributed by atoms with Crippen molar-refractivity contribution in [3.8, 4) is 0 Å². The molecule has 0 amide bonds. The van der Waals surface area contributed by atoms with Crippen molar-refractivity contribution in [1.29, 1.82) is 0 Å². The van der Waals surface area contributed by atoms with E-state index in [-0.39, 0.29) is 5.41 Å². The Labute approximate surface area is 128 Å². The van der Waals surface area contributed by atoms with E-state index in [2.05, 4.69) is 75.4 Å². The number of benzene rings is 2. The second-order valence-corrected chi connectivity index (χ2v) is 6.08. The Bertz CT molecular complexity index is 672. The fraction of sp³-hybridized carbons (Fsp3) is 0.333. The van der Waals surface area contributed by atoms with Gasteiger partial charge in [-0.15, -0.1) is 0 Å². The smallest absolute Gasteiger partial charge is 0.0203 e. The lowest BCUT2D eigenvalue weighted by atomic mass is 9.67. The predicted octanol–water partition coefficient (Wildman–Crippen LogP) is 5.69. The normalized spacial score (nSPS) is 14.0. The summed E-state index contributed by atoms with van der Waals surface area (Å²) >= 11 is 0. The minimum atomic E-state index is 0.151. The summed E-state index contributed by atoms with van der Waals surface area (Å²) < 4.78 is 0. The van der Waals surface area contributed by atoms with Crippen LogP contribution in [-0.2, 0) is 11.8 Å².